The summed E-state index contributed by atoms with van der Waals surface area (Å²) in [6, 6.07) is 0.281. The second kappa shape index (κ2) is 6.06. The van der Waals surface area contributed by atoms with Crippen LogP contribution in [0.1, 0.15) is 63.8 Å². The van der Waals surface area contributed by atoms with Gasteiger partial charge in [-0.2, -0.15) is 0 Å². The Morgan fingerprint density at radius 1 is 1.17 bits per heavy atom. The molecule has 2 aliphatic rings. The Morgan fingerprint density at radius 3 is 2.48 bits per heavy atom. The third-order valence-corrected chi connectivity index (χ3v) is 4.71. The number of aromatic nitrogens is 2. The van der Waals surface area contributed by atoms with E-state index < -0.39 is 5.60 Å². The lowest BCUT2D eigenvalue weighted by molar-refractivity contribution is 0.0184. The Hall–Kier alpha value is -1.72. The number of rotatable bonds is 1. The van der Waals surface area contributed by atoms with Gasteiger partial charge in [-0.1, -0.05) is 0 Å². The SMILES string of the molecule is CC(C)(C)OC(=O)N1CCC(n2[nH]c(=O)c3c2CCCC3)CC1. The molecule has 1 aliphatic heterocycles. The van der Waals surface area contributed by atoms with Crippen LogP contribution in [0.25, 0.3) is 0 Å². The number of carbonyl (C=O) groups is 1. The van der Waals surface area contributed by atoms with E-state index in [1.165, 1.54) is 5.69 Å². The predicted molar refractivity (Wildman–Crippen MR) is 87.8 cm³/mol. The standard InChI is InChI=1S/C17H27N3O3/c1-17(2,3)23-16(22)19-10-8-12(9-11-19)20-14-7-5-4-6-13(14)15(21)18-20/h12H,4-11H2,1-3H3,(H,18,21). The molecule has 0 unspecified atom stereocenters. The minimum atomic E-state index is -0.460. The first kappa shape index (κ1) is 16.1. The fraction of sp³-hybridized carbons (Fsp3) is 0.765. The Bertz CT molecular complexity index is 630. The summed E-state index contributed by atoms with van der Waals surface area (Å²) in [6.07, 6.45) is 5.62. The lowest BCUT2D eigenvalue weighted by Crippen LogP contribution is -2.42. The van der Waals surface area contributed by atoms with Gasteiger partial charge in [-0.3, -0.25) is 14.6 Å². The number of ether oxygens (including phenoxy) is 1. The number of nitrogens with one attached hydrogen (secondary N) is 1. The monoisotopic (exact) mass is 321 g/mol. The average Bonchev–Trinajstić information content (AvgIpc) is 2.83. The number of nitrogens with zero attached hydrogens (tertiary/aromatic N) is 2. The maximum atomic E-state index is 12.1. The largest absolute Gasteiger partial charge is 0.444 e. The summed E-state index contributed by atoms with van der Waals surface area (Å²) in [5, 5.41) is 3.03. The highest BCUT2D eigenvalue weighted by atomic mass is 16.6. The molecule has 0 saturated carbocycles. The Labute approximate surface area is 136 Å². The van der Waals surface area contributed by atoms with E-state index in [1.807, 2.05) is 20.8 Å². The van der Waals surface area contributed by atoms with E-state index in [0.29, 0.717) is 13.1 Å². The molecular formula is C17H27N3O3. The summed E-state index contributed by atoms with van der Waals surface area (Å²) in [6.45, 7) is 7.00. The van der Waals surface area contributed by atoms with Gasteiger partial charge in [-0.05, 0) is 59.3 Å². The van der Waals surface area contributed by atoms with E-state index in [1.54, 1.807) is 4.90 Å². The van der Waals surface area contributed by atoms with E-state index in [4.69, 9.17) is 4.74 Å². The van der Waals surface area contributed by atoms with Gasteiger partial charge in [0, 0.05) is 24.3 Å². The van der Waals surface area contributed by atoms with Gasteiger partial charge in [0.15, 0.2) is 0 Å². The number of piperidine rings is 1. The maximum Gasteiger partial charge on any atom is 0.410 e. The lowest BCUT2D eigenvalue weighted by Gasteiger charge is -2.34. The zero-order valence-electron chi connectivity index (χ0n) is 14.4. The second-order valence-electron chi connectivity index (χ2n) is 7.64. The van der Waals surface area contributed by atoms with Crippen molar-refractivity contribution in [3.8, 4) is 0 Å². The molecule has 1 N–H and O–H groups in total. The Kier molecular flexibility index (Phi) is 4.25. The van der Waals surface area contributed by atoms with Gasteiger partial charge in [0.1, 0.15) is 5.60 Å². The molecule has 0 spiro atoms. The van der Waals surface area contributed by atoms with E-state index >= 15 is 0 Å². The predicted octanol–water partition coefficient (Wildman–Crippen LogP) is 2.63. The first-order valence-corrected chi connectivity index (χ1v) is 8.65. The molecule has 0 aromatic carbocycles. The zero-order valence-corrected chi connectivity index (χ0v) is 14.4. The van der Waals surface area contributed by atoms with Crippen molar-refractivity contribution in [2.45, 2.75) is 70.9 Å². The van der Waals surface area contributed by atoms with Crippen LogP contribution in [0.3, 0.4) is 0 Å². The van der Waals surface area contributed by atoms with Gasteiger partial charge < -0.3 is 9.64 Å². The molecule has 0 atom stereocenters. The molecule has 1 amide bonds. The van der Waals surface area contributed by atoms with Gasteiger partial charge in [0.2, 0.25) is 0 Å². The number of hydrogen-bond donors (Lipinski definition) is 1. The molecule has 3 rings (SSSR count). The van der Waals surface area contributed by atoms with E-state index in [0.717, 1.165) is 44.1 Å². The third kappa shape index (κ3) is 3.46. The van der Waals surface area contributed by atoms with Crippen molar-refractivity contribution >= 4 is 6.09 Å². The molecule has 1 aliphatic carbocycles. The minimum absolute atomic E-state index is 0.0780. The molecule has 1 fully saturated rings. The van der Waals surface area contributed by atoms with Crippen LogP contribution in [-0.2, 0) is 17.6 Å². The van der Waals surface area contributed by atoms with Gasteiger partial charge in [0.25, 0.3) is 5.56 Å². The highest BCUT2D eigenvalue weighted by Crippen LogP contribution is 2.27. The molecule has 0 radical (unpaired) electrons. The van der Waals surface area contributed by atoms with Crippen LogP contribution < -0.4 is 5.56 Å². The number of likely N-dealkylation sites (tertiary alicyclic amines) is 1. The Morgan fingerprint density at radius 2 is 1.83 bits per heavy atom. The third-order valence-electron chi connectivity index (χ3n) is 4.71. The van der Waals surface area contributed by atoms with Crippen molar-refractivity contribution in [3.05, 3.63) is 21.6 Å². The van der Waals surface area contributed by atoms with Crippen LogP contribution in [0, 0.1) is 0 Å². The number of carbonyl (C=O) groups excluding carboxylic acids is 1. The second-order valence-corrected chi connectivity index (χ2v) is 7.64. The summed E-state index contributed by atoms with van der Waals surface area (Å²) in [4.78, 5) is 26.0. The molecular weight excluding hydrogens is 294 g/mol. The highest BCUT2D eigenvalue weighted by Gasteiger charge is 2.30. The maximum absolute atomic E-state index is 12.1. The van der Waals surface area contributed by atoms with Gasteiger partial charge in [-0.25, -0.2) is 4.79 Å². The van der Waals surface area contributed by atoms with Crippen LogP contribution in [0.15, 0.2) is 4.79 Å². The molecule has 23 heavy (non-hydrogen) atoms. The fourth-order valence-corrected chi connectivity index (χ4v) is 3.59. The van der Waals surface area contributed by atoms with Crippen LogP contribution in [0.2, 0.25) is 0 Å². The molecule has 6 nitrogen and oxygen atoms in total. The summed E-state index contributed by atoms with van der Waals surface area (Å²) < 4.78 is 7.52. The minimum Gasteiger partial charge on any atom is -0.444 e. The van der Waals surface area contributed by atoms with Crippen molar-refractivity contribution in [3.63, 3.8) is 0 Å². The fourth-order valence-electron chi connectivity index (χ4n) is 3.59. The smallest absolute Gasteiger partial charge is 0.410 e. The highest BCUT2D eigenvalue weighted by molar-refractivity contribution is 5.68. The van der Waals surface area contributed by atoms with E-state index in [9.17, 15) is 9.59 Å². The lowest BCUT2D eigenvalue weighted by atomic mass is 9.97. The first-order valence-electron chi connectivity index (χ1n) is 8.65. The van der Waals surface area contributed by atoms with E-state index in [2.05, 4.69) is 9.78 Å². The molecule has 0 bridgehead atoms. The zero-order chi connectivity index (χ0) is 16.6. The van der Waals surface area contributed by atoms with Crippen molar-refractivity contribution in [1.82, 2.24) is 14.7 Å². The van der Waals surface area contributed by atoms with Gasteiger partial charge >= 0.3 is 6.09 Å². The number of aromatic amines is 1. The summed E-state index contributed by atoms with van der Waals surface area (Å²) >= 11 is 0. The van der Waals surface area contributed by atoms with Crippen molar-refractivity contribution < 1.29 is 9.53 Å². The number of H-pyrrole nitrogens is 1. The van der Waals surface area contributed by atoms with Crippen molar-refractivity contribution in [1.29, 1.82) is 0 Å². The van der Waals surface area contributed by atoms with Crippen molar-refractivity contribution in [2.75, 3.05) is 13.1 Å². The summed E-state index contributed by atoms with van der Waals surface area (Å²) in [5.74, 6) is 0. The number of fused-ring (bicyclic) bond motifs is 1. The molecule has 1 aromatic heterocycles. The van der Waals surface area contributed by atoms with Crippen LogP contribution in [0.4, 0.5) is 4.79 Å². The van der Waals surface area contributed by atoms with E-state index in [-0.39, 0.29) is 17.7 Å². The average molecular weight is 321 g/mol. The molecule has 6 heteroatoms. The first-order chi connectivity index (χ1) is 10.8. The number of amides is 1. The molecule has 1 aromatic rings. The van der Waals surface area contributed by atoms with Crippen LogP contribution in [-0.4, -0.2) is 39.5 Å². The Balaban J connectivity index is 1.66. The quantitative estimate of drug-likeness (QED) is 0.864. The summed E-state index contributed by atoms with van der Waals surface area (Å²) in [7, 11) is 0. The van der Waals surface area contributed by atoms with Gasteiger partial charge in [0.05, 0.1) is 6.04 Å². The number of hydrogen-bond acceptors (Lipinski definition) is 3. The van der Waals surface area contributed by atoms with Crippen LogP contribution in [0.5, 0.6) is 0 Å². The van der Waals surface area contributed by atoms with Crippen molar-refractivity contribution in [2.24, 2.45) is 0 Å². The molecule has 128 valence electrons. The summed E-state index contributed by atoms with van der Waals surface area (Å²) in [5.41, 5.74) is 1.79. The van der Waals surface area contributed by atoms with Crippen LogP contribution >= 0.6 is 0 Å². The normalized spacial score (nSPS) is 19.5. The van der Waals surface area contributed by atoms with Gasteiger partial charge in [-0.15, -0.1) is 0 Å². The molecule has 2 heterocycles. The molecule has 1 saturated heterocycles. The topological polar surface area (TPSA) is 67.3 Å².